The van der Waals surface area contributed by atoms with Crippen LogP contribution in [0, 0.1) is 0 Å². The molecule has 5 nitrogen and oxygen atoms in total. The van der Waals surface area contributed by atoms with Crippen LogP contribution in [0.2, 0.25) is 0 Å². The van der Waals surface area contributed by atoms with Gasteiger partial charge in [-0.05, 0) is 18.2 Å². The predicted octanol–water partition coefficient (Wildman–Crippen LogP) is -0.382. The number of H-pyrrole nitrogens is 1. The summed E-state index contributed by atoms with van der Waals surface area (Å²) in [5.74, 6) is -0.175. The number of hydrogen-bond acceptors (Lipinski definition) is 4. The largest absolute Gasteiger partial charge is 0.508 e. The Labute approximate surface area is 89.6 Å². The second-order valence-electron chi connectivity index (χ2n) is 3.27. The van der Waals surface area contributed by atoms with E-state index in [1.807, 2.05) is 0 Å². The van der Waals surface area contributed by atoms with Crippen LogP contribution in [0.1, 0.15) is 5.56 Å². The fraction of sp³-hybridized carbons (Fsp3) is 0. The Kier molecular flexibility index (Phi) is 2.28. The highest BCUT2D eigenvalue weighted by molar-refractivity contribution is 5.58. The fourth-order valence-electron chi connectivity index (χ4n) is 1.30. The number of phenolic OH excluding ortho intramolecular Hbond substituents is 2. The summed E-state index contributed by atoms with van der Waals surface area (Å²) < 4.78 is 4.53. The minimum absolute atomic E-state index is 0.0504. The van der Waals surface area contributed by atoms with Gasteiger partial charge in [0.1, 0.15) is 11.5 Å². The Morgan fingerprint density at radius 1 is 1.38 bits per heavy atom. The number of aromatic hydroxyl groups is 2. The topological polar surface area (TPSA) is 86.5 Å². The van der Waals surface area contributed by atoms with Crippen LogP contribution in [0.3, 0.4) is 0 Å². The lowest BCUT2D eigenvalue weighted by atomic mass is 10.1. The number of aromatic nitrogens is 1. The molecule has 5 heteroatoms. The zero-order chi connectivity index (χ0) is 11.7. The van der Waals surface area contributed by atoms with Crippen LogP contribution >= 0.6 is 0 Å². The molecule has 2 rings (SSSR count). The van der Waals surface area contributed by atoms with Crippen LogP contribution in [0.4, 0.5) is 0 Å². The Hall–Kier alpha value is -2.43. The maximum Gasteiger partial charge on any atom is 0.365 e. The Morgan fingerprint density at radius 3 is 2.69 bits per heavy atom. The van der Waals surface area contributed by atoms with Gasteiger partial charge < -0.3 is 14.7 Å². The molecule has 16 heavy (non-hydrogen) atoms. The number of benzene rings is 1. The summed E-state index contributed by atoms with van der Waals surface area (Å²) in [5, 5.41) is 21.5. The number of nitrogens with one attached hydrogen (secondary N) is 1. The van der Waals surface area contributed by atoms with Gasteiger partial charge in [-0.3, -0.25) is 0 Å². The van der Waals surface area contributed by atoms with Gasteiger partial charge in [0.05, 0.1) is 10.6 Å². The second kappa shape index (κ2) is 3.62. The SMILES string of the molecule is C=c1[nH]oc(=O)/c1=C\c1ccc(O)cc1O. The van der Waals surface area contributed by atoms with Gasteiger partial charge in [0.25, 0.3) is 0 Å². The predicted molar refractivity (Wildman–Crippen MR) is 57.4 cm³/mol. The normalized spacial score (nSPS) is 11.9. The van der Waals surface area contributed by atoms with Crippen molar-refractivity contribution in [3.63, 3.8) is 0 Å². The molecule has 1 heterocycles. The highest BCUT2D eigenvalue weighted by Crippen LogP contribution is 2.22. The molecule has 82 valence electrons. The third kappa shape index (κ3) is 1.70. The molecule has 2 aromatic rings. The van der Waals surface area contributed by atoms with Gasteiger partial charge in [0.2, 0.25) is 0 Å². The first-order chi connectivity index (χ1) is 7.58. The molecule has 0 fully saturated rings. The summed E-state index contributed by atoms with van der Waals surface area (Å²) >= 11 is 0. The van der Waals surface area contributed by atoms with E-state index >= 15 is 0 Å². The van der Waals surface area contributed by atoms with Gasteiger partial charge in [-0.15, -0.1) is 0 Å². The van der Waals surface area contributed by atoms with Crippen LogP contribution in [0.25, 0.3) is 12.7 Å². The number of phenols is 2. The number of rotatable bonds is 1. The summed E-state index contributed by atoms with van der Waals surface area (Å²) in [7, 11) is 0. The fourth-order valence-corrected chi connectivity index (χ4v) is 1.30. The van der Waals surface area contributed by atoms with Crippen molar-refractivity contribution in [3.05, 3.63) is 44.8 Å². The Balaban J connectivity index is 2.69. The molecule has 0 spiro atoms. The molecule has 0 aliphatic carbocycles. The standard InChI is InChI=1S/C11H9NO4/c1-6-9(11(15)16-12-6)4-7-2-3-8(13)5-10(7)14/h2-5,12-14H,1H2/b9-4-. The summed E-state index contributed by atoms with van der Waals surface area (Å²) in [5.41, 5.74) is -0.160. The van der Waals surface area contributed by atoms with E-state index in [0.29, 0.717) is 10.9 Å². The first-order valence-corrected chi connectivity index (χ1v) is 4.48. The summed E-state index contributed by atoms with van der Waals surface area (Å²) in [4.78, 5) is 11.2. The molecule has 0 amide bonds. The molecule has 0 atom stereocenters. The van der Waals surface area contributed by atoms with E-state index in [0.717, 1.165) is 0 Å². The lowest BCUT2D eigenvalue weighted by molar-refractivity contribution is 0.386. The highest BCUT2D eigenvalue weighted by Gasteiger charge is 2.01. The van der Waals surface area contributed by atoms with E-state index in [4.69, 9.17) is 5.11 Å². The van der Waals surface area contributed by atoms with Crippen molar-refractivity contribution in [2.75, 3.05) is 0 Å². The molecule has 0 aliphatic rings. The summed E-state index contributed by atoms with van der Waals surface area (Å²) in [6.45, 7) is 3.57. The van der Waals surface area contributed by atoms with Crippen molar-refractivity contribution in [3.8, 4) is 11.5 Å². The zero-order valence-corrected chi connectivity index (χ0v) is 8.23. The highest BCUT2D eigenvalue weighted by atomic mass is 16.5. The lowest BCUT2D eigenvalue weighted by Crippen LogP contribution is -2.31. The molecular formula is C11H9NO4. The molecular weight excluding hydrogens is 210 g/mol. The molecule has 0 saturated carbocycles. The van der Waals surface area contributed by atoms with Crippen LogP contribution < -0.4 is 16.2 Å². The number of hydrogen-bond donors (Lipinski definition) is 3. The van der Waals surface area contributed by atoms with Crippen LogP contribution in [0.5, 0.6) is 11.5 Å². The molecule has 3 N–H and O–H groups in total. The molecule has 0 radical (unpaired) electrons. The van der Waals surface area contributed by atoms with Gasteiger partial charge in [0.15, 0.2) is 0 Å². The Bertz CT molecular complexity index is 650. The molecule has 0 unspecified atom stereocenters. The average Bonchev–Trinajstić information content (AvgIpc) is 2.53. The van der Waals surface area contributed by atoms with Gasteiger partial charge in [-0.25, -0.2) is 9.95 Å². The minimum atomic E-state index is -0.558. The van der Waals surface area contributed by atoms with E-state index in [-0.39, 0.29) is 16.7 Å². The van der Waals surface area contributed by atoms with Crippen molar-refractivity contribution < 1.29 is 14.7 Å². The average molecular weight is 219 g/mol. The van der Waals surface area contributed by atoms with Crippen molar-refractivity contribution in [1.29, 1.82) is 0 Å². The molecule has 1 aromatic heterocycles. The van der Waals surface area contributed by atoms with Crippen molar-refractivity contribution in [2.45, 2.75) is 0 Å². The van der Waals surface area contributed by atoms with Gasteiger partial charge in [-0.1, -0.05) is 6.58 Å². The third-order valence-electron chi connectivity index (χ3n) is 2.13. The smallest absolute Gasteiger partial charge is 0.365 e. The molecule has 0 bridgehead atoms. The van der Waals surface area contributed by atoms with E-state index < -0.39 is 5.63 Å². The lowest BCUT2D eigenvalue weighted by Gasteiger charge is -1.98. The van der Waals surface area contributed by atoms with Crippen LogP contribution in [-0.4, -0.2) is 15.4 Å². The van der Waals surface area contributed by atoms with Crippen LogP contribution in [-0.2, 0) is 0 Å². The first-order valence-electron chi connectivity index (χ1n) is 4.48. The second-order valence-corrected chi connectivity index (χ2v) is 3.27. The van der Waals surface area contributed by atoms with E-state index in [1.54, 1.807) is 0 Å². The van der Waals surface area contributed by atoms with E-state index in [2.05, 4.69) is 16.3 Å². The van der Waals surface area contributed by atoms with Crippen molar-refractivity contribution >= 4 is 12.7 Å². The summed E-state index contributed by atoms with van der Waals surface area (Å²) in [6.07, 6.45) is 1.43. The van der Waals surface area contributed by atoms with Crippen molar-refractivity contribution in [1.82, 2.24) is 5.16 Å². The molecule has 0 aliphatic heterocycles. The third-order valence-corrected chi connectivity index (χ3v) is 2.13. The van der Waals surface area contributed by atoms with Gasteiger partial charge in [-0.2, -0.15) is 0 Å². The quantitative estimate of drug-likeness (QED) is 0.610. The molecule has 0 saturated heterocycles. The van der Waals surface area contributed by atoms with Gasteiger partial charge >= 0.3 is 5.63 Å². The minimum Gasteiger partial charge on any atom is -0.508 e. The van der Waals surface area contributed by atoms with Crippen LogP contribution in [0.15, 0.2) is 27.5 Å². The van der Waals surface area contributed by atoms with E-state index in [9.17, 15) is 9.90 Å². The number of aromatic amines is 1. The Morgan fingerprint density at radius 2 is 2.12 bits per heavy atom. The van der Waals surface area contributed by atoms with Crippen molar-refractivity contribution in [2.24, 2.45) is 0 Å². The first kappa shape index (κ1) is 10.1. The zero-order valence-electron chi connectivity index (χ0n) is 8.23. The maximum atomic E-state index is 11.2. The van der Waals surface area contributed by atoms with Gasteiger partial charge in [0, 0.05) is 11.6 Å². The molecule has 1 aromatic carbocycles. The maximum absolute atomic E-state index is 11.2. The van der Waals surface area contributed by atoms with E-state index in [1.165, 1.54) is 24.3 Å². The monoisotopic (exact) mass is 219 g/mol. The summed E-state index contributed by atoms with van der Waals surface area (Å²) in [6, 6.07) is 4.07.